The normalized spacial score (nSPS) is 10.5. The van der Waals surface area contributed by atoms with Crippen LogP contribution in [0.15, 0.2) is 22.9 Å². The number of hydrogen-bond donors (Lipinski definition) is 1. The first-order chi connectivity index (χ1) is 9.22. The van der Waals surface area contributed by atoms with Crippen molar-refractivity contribution in [2.75, 3.05) is 11.9 Å². The van der Waals surface area contributed by atoms with Gasteiger partial charge in [0.05, 0.1) is 12.3 Å². The molecule has 0 spiro atoms. The van der Waals surface area contributed by atoms with Gasteiger partial charge in [-0.3, -0.25) is 0 Å². The monoisotopic (exact) mass is 261 g/mol. The summed E-state index contributed by atoms with van der Waals surface area (Å²) >= 11 is 0. The highest BCUT2D eigenvalue weighted by atomic mass is 16.5. The minimum atomic E-state index is 0.626. The van der Waals surface area contributed by atoms with E-state index in [0.717, 1.165) is 35.0 Å². The molecule has 5 heteroatoms. The molecular weight excluding hydrogens is 242 g/mol. The molecule has 0 aliphatic rings. The molecule has 1 N–H and O–H groups in total. The number of aryl methyl sites for hydroxylation is 2. The van der Waals surface area contributed by atoms with E-state index in [1.165, 1.54) is 0 Å². The second kappa shape index (κ2) is 6.22. The van der Waals surface area contributed by atoms with E-state index in [1.54, 1.807) is 6.20 Å². The molecule has 2 aromatic heterocycles. The van der Waals surface area contributed by atoms with Gasteiger partial charge in [0.25, 0.3) is 0 Å². The maximum absolute atomic E-state index is 5.65. The van der Waals surface area contributed by atoms with Crippen LogP contribution < -0.4 is 10.1 Å². The first kappa shape index (κ1) is 13.4. The van der Waals surface area contributed by atoms with Gasteiger partial charge < -0.3 is 14.6 Å². The molecule has 2 rings (SSSR count). The molecule has 0 fully saturated rings. The Kier molecular flexibility index (Phi) is 4.39. The molecule has 0 atom stereocenters. The van der Waals surface area contributed by atoms with Crippen LogP contribution in [0.4, 0.5) is 5.82 Å². The fourth-order valence-electron chi connectivity index (χ4n) is 1.78. The number of ether oxygens (including phenoxy) is 1. The molecule has 0 aliphatic carbocycles. The molecule has 0 aromatic carbocycles. The summed E-state index contributed by atoms with van der Waals surface area (Å²) in [4.78, 5) is 4.30. The van der Waals surface area contributed by atoms with Gasteiger partial charge in [0.1, 0.15) is 5.76 Å². The highest BCUT2D eigenvalue weighted by Gasteiger charge is 2.10. The van der Waals surface area contributed by atoms with E-state index in [2.05, 4.69) is 22.4 Å². The third-order valence-corrected chi connectivity index (χ3v) is 2.85. The summed E-state index contributed by atoms with van der Waals surface area (Å²) in [5.74, 6) is 2.35. The summed E-state index contributed by atoms with van der Waals surface area (Å²) in [5.41, 5.74) is 1.96. The van der Waals surface area contributed by atoms with Crippen molar-refractivity contribution in [2.24, 2.45) is 0 Å². The minimum Gasteiger partial charge on any atom is -0.490 e. The predicted octanol–water partition coefficient (Wildman–Crippen LogP) is 3.09. The lowest BCUT2D eigenvalue weighted by Gasteiger charge is -2.11. The van der Waals surface area contributed by atoms with Gasteiger partial charge in [0.15, 0.2) is 11.6 Å². The second-order valence-electron chi connectivity index (χ2n) is 4.35. The highest BCUT2D eigenvalue weighted by Crippen LogP contribution is 2.22. The number of anilines is 1. The maximum Gasteiger partial charge on any atom is 0.169 e. The van der Waals surface area contributed by atoms with Crippen molar-refractivity contribution in [2.45, 2.75) is 33.7 Å². The average Bonchev–Trinajstić information content (AvgIpc) is 2.74. The quantitative estimate of drug-likeness (QED) is 0.865. The summed E-state index contributed by atoms with van der Waals surface area (Å²) in [5, 5.41) is 7.20. The van der Waals surface area contributed by atoms with Crippen molar-refractivity contribution in [3.63, 3.8) is 0 Å². The van der Waals surface area contributed by atoms with Crippen LogP contribution in [0.5, 0.6) is 5.75 Å². The summed E-state index contributed by atoms with van der Waals surface area (Å²) in [6, 6.07) is 3.78. The molecule has 0 bridgehead atoms. The van der Waals surface area contributed by atoms with Gasteiger partial charge in [-0.1, -0.05) is 12.1 Å². The Bertz CT molecular complexity index is 518. The SMILES string of the molecule is CCCOc1cccnc1NCc1c(C)noc1C. The van der Waals surface area contributed by atoms with Gasteiger partial charge in [0, 0.05) is 18.3 Å². The summed E-state index contributed by atoms with van der Waals surface area (Å²) < 4.78 is 10.8. The summed E-state index contributed by atoms with van der Waals surface area (Å²) in [7, 11) is 0. The van der Waals surface area contributed by atoms with Crippen molar-refractivity contribution >= 4 is 5.82 Å². The Balaban J connectivity index is 2.07. The van der Waals surface area contributed by atoms with Crippen molar-refractivity contribution in [1.82, 2.24) is 10.1 Å². The van der Waals surface area contributed by atoms with Gasteiger partial charge in [-0.05, 0) is 32.4 Å². The molecular formula is C14H19N3O2. The number of nitrogens with one attached hydrogen (secondary N) is 1. The zero-order chi connectivity index (χ0) is 13.7. The number of rotatable bonds is 6. The molecule has 0 saturated heterocycles. The molecule has 0 unspecified atom stereocenters. The van der Waals surface area contributed by atoms with Crippen LogP contribution in [-0.2, 0) is 6.54 Å². The lowest BCUT2D eigenvalue weighted by Crippen LogP contribution is -2.06. The van der Waals surface area contributed by atoms with Crippen molar-refractivity contribution in [1.29, 1.82) is 0 Å². The molecule has 19 heavy (non-hydrogen) atoms. The minimum absolute atomic E-state index is 0.626. The Morgan fingerprint density at radius 1 is 1.37 bits per heavy atom. The Morgan fingerprint density at radius 3 is 2.89 bits per heavy atom. The molecule has 0 saturated carbocycles. The fourth-order valence-corrected chi connectivity index (χ4v) is 1.78. The third kappa shape index (κ3) is 3.24. The van der Waals surface area contributed by atoms with E-state index in [-0.39, 0.29) is 0 Å². The smallest absolute Gasteiger partial charge is 0.169 e. The van der Waals surface area contributed by atoms with E-state index >= 15 is 0 Å². The first-order valence-corrected chi connectivity index (χ1v) is 6.45. The fraction of sp³-hybridized carbons (Fsp3) is 0.429. The van der Waals surface area contributed by atoms with Gasteiger partial charge in [-0.15, -0.1) is 0 Å². The Hall–Kier alpha value is -2.04. The van der Waals surface area contributed by atoms with Gasteiger partial charge in [-0.25, -0.2) is 4.98 Å². The van der Waals surface area contributed by atoms with Crippen LogP contribution in [0, 0.1) is 13.8 Å². The average molecular weight is 261 g/mol. The van der Waals surface area contributed by atoms with Crippen LogP contribution in [0.1, 0.15) is 30.4 Å². The maximum atomic E-state index is 5.65. The molecule has 0 radical (unpaired) electrons. The van der Waals surface area contributed by atoms with Crippen molar-refractivity contribution in [3.05, 3.63) is 35.3 Å². The predicted molar refractivity (Wildman–Crippen MR) is 73.3 cm³/mol. The van der Waals surface area contributed by atoms with Crippen molar-refractivity contribution in [3.8, 4) is 5.75 Å². The van der Waals surface area contributed by atoms with Crippen LogP contribution in [0.3, 0.4) is 0 Å². The largest absolute Gasteiger partial charge is 0.490 e. The number of aromatic nitrogens is 2. The zero-order valence-corrected chi connectivity index (χ0v) is 11.6. The number of pyridine rings is 1. The molecule has 102 valence electrons. The van der Waals surface area contributed by atoms with Gasteiger partial charge in [0.2, 0.25) is 0 Å². The van der Waals surface area contributed by atoms with Crippen LogP contribution in [0.25, 0.3) is 0 Å². The van der Waals surface area contributed by atoms with Crippen LogP contribution in [-0.4, -0.2) is 16.7 Å². The summed E-state index contributed by atoms with van der Waals surface area (Å²) in [6.45, 7) is 7.23. The van der Waals surface area contributed by atoms with E-state index in [0.29, 0.717) is 13.2 Å². The molecule has 0 aliphatic heterocycles. The second-order valence-corrected chi connectivity index (χ2v) is 4.35. The number of hydrogen-bond acceptors (Lipinski definition) is 5. The van der Waals surface area contributed by atoms with E-state index in [9.17, 15) is 0 Å². The Morgan fingerprint density at radius 2 is 2.21 bits per heavy atom. The molecule has 5 nitrogen and oxygen atoms in total. The topological polar surface area (TPSA) is 60.2 Å². The summed E-state index contributed by atoms with van der Waals surface area (Å²) in [6.07, 6.45) is 2.71. The van der Waals surface area contributed by atoms with Gasteiger partial charge >= 0.3 is 0 Å². The first-order valence-electron chi connectivity index (χ1n) is 6.45. The van der Waals surface area contributed by atoms with Crippen LogP contribution >= 0.6 is 0 Å². The molecule has 2 aromatic rings. The Labute approximate surface area is 113 Å². The zero-order valence-electron chi connectivity index (χ0n) is 11.6. The van der Waals surface area contributed by atoms with E-state index < -0.39 is 0 Å². The van der Waals surface area contributed by atoms with Gasteiger partial charge in [-0.2, -0.15) is 0 Å². The lowest BCUT2D eigenvalue weighted by molar-refractivity contribution is 0.318. The lowest BCUT2D eigenvalue weighted by atomic mass is 10.2. The van der Waals surface area contributed by atoms with E-state index in [4.69, 9.17) is 9.26 Å². The highest BCUT2D eigenvalue weighted by molar-refractivity contribution is 5.50. The van der Waals surface area contributed by atoms with E-state index in [1.807, 2.05) is 26.0 Å². The standard InChI is InChI=1S/C14H19N3O2/c1-4-8-18-13-6-5-7-15-14(13)16-9-12-10(2)17-19-11(12)3/h5-7H,4,8-9H2,1-3H3,(H,15,16). The molecule has 0 amide bonds. The molecule has 2 heterocycles. The van der Waals surface area contributed by atoms with Crippen LogP contribution in [0.2, 0.25) is 0 Å². The van der Waals surface area contributed by atoms with Crippen molar-refractivity contribution < 1.29 is 9.26 Å². The third-order valence-electron chi connectivity index (χ3n) is 2.85. The number of nitrogens with zero attached hydrogens (tertiary/aromatic N) is 2.